The van der Waals surface area contributed by atoms with Crippen molar-refractivity contribution in [3.05, 3.63) is 11.6 Å². The highest BCUT2D eigenvalue weighted by atomic mass is 16.4. The molecule has 0 heterocycles. The SMILES string of the molecule is CCC(=O)N[C@H]1C=C(C(=O)O)C[C@@H](N)[C@@H]1NC(C)=O. The molecule has 1 rings (SSSR count). The molecule has 7 heteroatoms. The zero-order valence-electron chi connectivity index (χ0n) is 11.0. The highest BCUT2D eigenvalue weighted by Crippen LogP contribution is 2.18. The van der Waals surface area contributed by atoms with Gasteiger partial charge in [0.05, 0.1) is 12.1 Å². The van der Waals surface area contributed by atoms with Gasteiger partial charge in [0, 0.05) is 25.0 Å². The molecular weight excluding hydrogens is 250 g/mol. The molecular formula is C12H19N3O4. The summed E-state index contributed by atoms with van der Waals surface area (Å²) in [5.74, 6) is -1.56. The Hall–Kier alpha value is -1.89. The zero-order chi connectivity index (χ0) is 14.6. The molecule has 19 heavy (non-hydrogen) atoms. The molecule has 0 fully saturated rings. The molecule has 106 valence electrons. The third-order valence-corrected chi connectivity index (χ3v) is 2.98. The number of nitrogens with two attached hydrogens (primary N) is 1. The van der Waals surface area contributed by atoms with E-state index in [1.54, 1.807) is 6.92 Å². The summed E-state index contributed by atoms with van der Waals surface area (Å²) in [7, 11) is 0. The molecule has 5 N–H and O–H groups in total. The van der Waals surface area contributed by atoms with E-state index in [0.717, 1.165) is 0 Å². The lowest BCUT2D eigenvalue weighted by atomic mass is 9.86. The number of carbonyl (C=O) groups is 3. The maximum absolute atomic E-state index is 11.5. The summed E-state index contributed by atoms with van der Waals surface area (Å²) >= 11 is 0. The molecule has 1 aliphatic carbocycles. The predicted molar refractivity (Wildman–Crippen MR) is 68.1 cm³/mol. The Morgan fingerprint density at radius 2 is 2.05 bits per heavy atom. The van der Waals surface area contributed by atoms with Crippen molar-refractivity contribution in [1.29, 1.82) is 0 Å². The van der Waals surface area contributed by atoms with E-state index in [9.17, 15) is 14.4 Å². The minimum atomic E-state index is -1.06. The van der Waals surface area contributed by atoms with Gasteiger partial charge in [-0.25, -0.2) is 4.79 Å². The maximum Gasteiger partial charge on any atom is 0.331 e. The van der Waals surface area contributed by atoms with Crippen molar-refractivity contribution < 1.29 is 19.5 Å². The number of rotatable bonds is 4. The van der Waals surface area contributed by atoms with Crippen molar-refractivity contribution in [1.82, 2.24) is 10.6 Å². The Balaban J connectivity index is 2.97. The molecule has 0 bridgehead atoms. The second-order valence-corrected chi connectivity index (χ2v) is 4.54. The quantitative estimate of drug-likeness (QED) is 0.528. The van der Waals surface area contributed by atoms with Crippen LogP contribution in [0, 0.1) is 0 Å². The van der Waals surface area contributed by atoms with E-state index in [2.05, 4.69) is 10.6 Å². The Kier molecular flexibility index (Phi) is 5.05. The van der Waals surface area contributed by atoms with E-state index in [1.807, 2.05) is 0 Å². The van der Waals surface area contributed by atoms with Crippen molar-refractivity contribution in [3.8, 4) is 0 Å². The van der Waals surface area contributed by atoms with Gasteiger partial charge in [0.15, 0.2) is 0 Å². The minimum absolute atomic E-state index is 0.149. The topological polar surface area (TPSA) is 122 Å². The maximum atomic E-state index is 11.5. The molecule has 0 radical (unpaired) electrons. The van der Waals surface area contributed by atoms with Crippen molar-refractivity contribution in [2.75, 3.05) is 0 Å². The number of carboxylic acid groups (broad SMARTS) is 1. The van der Waals surface area contributed by atoms with Crippen LogP contribution in [0.5, 0.6) is 0 Å². The lowest BCUT2D eigenvalue weighted by Crippen LogP contribution is -2.60. The smallest absolute Gasteiger partial charge is 0.331 e. The summed E-state index contributed by atoms with van der Waals surface area (Å²) in [5.41, 5.74) is 6.04. The Morgan fingerprint density at radius 1 is 1.42 bits per heavy atom. The second kappa shape index (κ2) is 6.33. The van der Waals surface area contributed by atoms with Gasteiger partial charge < -0.3 is 21.5 Å². The number of aliphatic carboxylic acids is 1. The largest absolute Gasteiger partial charge is 0.478 e. The van der Waals surface area contributed by atoms with Crippen LogP contribution in [-0.2, 0) is 14.4 Å². The molecule has 0 aromatic heterocycles. The number of hydrogen-bond acceptors (Lipinski definition) is 4. The first-order chi connectivity index (χ1) is 8.85. The predicted octanol–water partition coefficient (Wildman–Crippen LogP) is -0.872. The van der Waals surface area contributed by atoms with Crippen molar-refractivity contribution in [3.63, 3.8) is 0 Å². The molecule has 0 aromatic carbocycles. The first kappa shape index (κ1) is 15.2. The molecule has 0 saturated heterocycles. The van der Waals surface area contributed by atoms with Crippen LogP contribution in [0.3, 0.4) is 0 Å². The van der Waals surface area contributed by atoms with Gasteiger partial charge in [-0.05, 0) is 12.5 Å². The van der Waals surface area contributed by atoms with E-state index in [-0.39, 0.29) is 30.2 Å². The minimum Gasteiger partial charge on any atom is -0.478 e. The standard InChI is InChI=1S/C12H19N3O4/c1-3-10(17)15-9-5-7(12(18)19)4-8(13)11(9)14-6(2)16/h5,8-9,11H,3-4,13H2,1-2H3,(H,14,16)(H,15,17)(H,18,19)/t8-,9+,11+/m1/s1. The van der Waals surface area contributed by atoms with Crippen LogP contribution in [0.4, 0.5) is 0 Å². The van der Waals surface area contributed by atoms with Crippen LogP contribution in [0.1, 0.15) is 26.7 Å². The Labute approximate surface area is 111 Å². The summed E-state index contributed by atoms with van der Waals surface area (Å²) in [4.78, 5) is 33.6. The summed E-state index contributed by atoms with van der Waals surface area (Å²) in [5, 5.41) is 14.3. The fourth-order valence-corrected chi connectivity index (χ4v) is 2.05. The third-order valence-electron chi connectivity index (χ3n) is 2.98. The number of carbonyl (C=O) groups excluding carboxylic acids is 2. The van der Waals surface area contributed by atoms with Gasteiger partial charge in [-0.3, -0.25) is 9.59 Å². The van der Waals surface area contributed by atoms with Crippen molar-refractivity contribution in [2.24, 2.45) is 5.73 Å². The van der Waals surface area contributed by atoms with Gasteiger partial charge in [-0.15, -0.1) is 0 Å². The summed E-state index contributed by atoms with van der Waals surface area (Å²) < 4.78 is 0. The first-order valence-corrected chi connectivity index (χ1v) is 6.11. The molecule has 7 nitrogen and oxygen atoms in total. The van der Waals surface area contributed by atoms with Crippen LogP contribution >= 0.6 is 0 Å². The lowest BCUT2D eigenvalue weighted by Gasteiger charge is -2.35. The van der Waals surface area contributed by atoms with E-state index in [0.29, 0.717) is 0 Å². The molecule has 0 spiro atoms. The molecule has 0 aliphatic heterocycles. The van der Waals surface area contributed by atoms with Crippen LogP contribution in [0.2, 0.25) is 0 Å². The monoisotopic (exact) mass is 269 g/mol. The summed E-state index contributed by atoms with van der Waals surface area (Å²) in [6, 6.07) is -1.66. The molecule has 0 unspecified atom stereocenters. The summed E-state index contributed by atoms with van der Waals surface area (Å²) in [6.45, 7) is 3.04. The second-order valence-electron chi connectivity index (χ2n) is 4.54. The van der Waals surface area contributed by atoms with Gasteiger partial charge in [-0.1, -0.05) is 6.92 Å². The molecule has 0 saturated carbocycles. The van der Waals surface area contributed by atoms with Crippen LogP contribution in [-0.4, -0.2) is 41.0 Å². The zero-order valence-corrected chi connectivity index (χ0v) is 11.0. The Morgan fingerprint density at radius 3 is 2.53 bits per heavy atom. The normalized spacial score (nSPS) is 26.3. The average molecular weight is 269 g/mol. The summed E-state index contributed by atoms with van der Waals surface area (Å²) in [6.07, 6.45) is 1.87. The first-order valence-electron chi connectivity index (χ1n) is 6.11. The lowest BCUT2D eigenvalue weighted by molar-refractivity contribution is -0.133. The average Bonchev–Trinajstić information content (AvgIpc) is 2.32. The van der Waals surface area contributed by atoms with Gasteiger partial charge in [0.25, 0.3) is 0 Å². The van der Waals surface area contributed by atoms with E-state index < -0.39 is 24.1 Å². The van der Waals surface area contributed by atoms with Gasteiger partial charge in [-0.2, -0.15) is 0 Å². The van der Waals surface area contributed by atoms with Crippen LogP contribution in [0.15, 0.2) is 11.6 Å². The van der Waals surface area contributed by atoms with Gasteiger partial charge in [0.1, 0.15) is 0 Å². The third kappa shape index (κ3) is 4.06. The van der Waals surface area contributed by atoms with E-state index in [4.69, 9.17) is 10.8 Å². The fourth-order valence-electron chi connectivity index (χ4n) is 2.05. The number of carboxylic acids is 1. The van der Waals surface area contributed by atoms with E-state index >= 15 is 0 Å². The van der Waals surface area contributed by atoms with E-state index in [1.165, 1.54) is 13.0 Å². The highest BCUT2D eigenvalue weighted by molar-refractivity contribution is 5.87. The van der Waals surface area contributed by atoms with Gasteiger partial charge in [0.2, 0.25) is 11.8 Å². The molecule has 1 aliphatic rings. The van der Waals surface area contributed by atoms with Crippen LogP contribution < -0.4 is 16.4 Å². The molecule has 2 amide bonds. The van der Waals surface area contributed by atoms with Gasteiger partial charge >= 0.3 is 5.97 Å². The number of amides is 2. The highest BCUT2D eigenvalue weighted by Gasteiger charge is 2.34. The number of hydrogen-bond donors (Lipinski definition) is 4. The number of nitrogens with one attached hydrogen (secondary N) is 2. The molecule has 3 atom stereocenters. The van der Waals surface area contributed by atoms with Crippen molar-refractivity contribution >= 4 is 17.8 Å². The molecule has 0 aromatic rings. The van der Waals surface area contributed by atoms with Crippen LogP contribution in [0.25, 0.3) is 0 Å². The fraction of sp³-hybridized carbons (Fsp3) is 0.583. The van der Waals surface area contributed by atoms with Crippen molar-refractivity contribution in [2.45, 2.75) is 44.8 Å². The Bertz CT molecular complexity index is 419.